The first-order valence-corrected chi connectivity index (χ1v) is 8.99. The number of hydrogen-bond acceptors (Lipinski definition) is 4. The first-order chi connectivity index (χ1) is 13.9. The van der Waals surface area contributed by atoms with Gasteiger partial charge in [0.15, 0.2) is 0 Å². The molecule has 0 saturated carbocycles. The summed E-state index contributed by atoms with van der Waals surface area (Å²) in [4.78, 5) is 25.0. The van der Waals surface area contributed by atoms with Crippen molar-refractivity contribution in [3.63, 3.8) is 0 Å². The zero-order chi connectivity index (χ0) is 20.5. The van der Waals surface area contributed by atoms with E-state index in [0.717, 1.165) is 21.4 Å². The molecule has 2 aromatic heterocycles. The molecule has 1 amide bonds. The molecule has 29 heavy (non-hydrogen) atoms. The summed E-state index contributed by atoms with van der Waals surface area (Å²) in [6, 6.07) is 13.2. The van der Waals surface area contributed by atoms with E-state index < -0.39 is 17.3 Å². The van der Waals surface area contributed by atoms with Crippen molar-refractivity contribution in [3.05, 3.63) is 82.2 Å². The maximum absolute atomic E-state index is 13.2. The van der Waals surface area contributed by atoms with E-state index >= 15 is 0 Å². The maximum atomic E-state index is 13.2. The minimum Gasteiger partial charge on any atom is -0.324 e. The topological polar surface area (TPSA) is 81.3 Å². The normalized spacial score (nSPS) is 11.0. The fraction of sp³-hybridized carbons (Fsp3) is 0.143. The number of benzene rings is 2. The van der Waals surface area contributed by atoms with Crippen LogP contribution in [0, 0.1) is 19.7 Å². The molecule has 0 aliphatic carbocycles. The fourth-order valence-corrected chi connectivity index (χ4v) is 3.19. The van der Waals surface area contributed by atoms with Crippen molar-refractivity contribution in [3.8, 4) is 11.3 Å². The van der Waals surface area contributed by atoms with Crippen LogP contribution in [0.3, 0.4) is 0 Å². The maximum Gasteiger partial charge on any atom is 0.293 e. The summed E-state index contributed by atoms with van der Waals surface area (Å²) in [5, 5.41) is 11.0. The molecular formula is C21H18FN5O2. The number of aryl methyl sites for hydroxylation is 2. The second kappa shape index (κ2) is 7.31. The van der Waals surface area contributed by atoms with Gasteiger partial charge in [-0.3, -0.25) is 9.59 Å². The summed E-state index contributed by atoms with van der Waals surface area (Å²) in [7, 11) is 0. The predicted molar refractivity (Wildman–Crippen MR) is 107 cm³/mol. The van der Waals surface area contributed by atoms with Gasteiger partial charge in [0.25, 0.3) is 5.56 Å². The van der Waals surface area contributed by atoms with Gasteiger partial charge in [-0.2, -0.15) is 10.2 Å². The molecule has 1 N–H and O–H groups in total. The van der Waals surface area contributed by atoms with Crippen LogP contribution in [0.25, 0.3) is 16.8 Å². The van der Waals surface area contributed by atoms with E-state index in [2.05, 4.69) is 15.5 Å². The summed E-state index contributed by atoms with van der Waals surface area (Å²) in [6.45, 7) is 3.70. The van der Waals surface area contributed by atoms with Gasteiger partial charge in [-0.25, -0.2) is 13.6 Å². The highest BCUT2D eigenvalue weighted by Crippen LogP contribution is 2.23. The van der Waals surface area contributed by atoms with Crippen LogP contribution in [-0.2, 0) is 11.3 Å². The molecule has 0 unspecified atom stereocenters. The van der Waals surface area contributed by atoms with E-state index in [-0.39, 0.29) is 6.54 Å². The lowest BCUT2D eigenvalue weighted by atomic mass is 10.0. The lowest BCUT2D eigenvalue weighted by Crippen LogP contribution is -2.30. The number of carbonyl (C=O) groups is 1. The Kier molecular flexibility index (Phi) is 4.67. The Balaban J connectivity index is 1.62. The molecule has 7 nitrogen and oxygen atoms in total. The minimum absolute atomic E-state index is 0.296. The van der Waals surface area contributed by atoms with Crippen molar-refractivity contribution in [2.75, 3.05) is 5.32 Å². The molecule has 0 bridgehead atoms. The van der Waals surface area contributed by atoms with Crippen molar-refractivity contribution in [1.29, 1.82) is 0 Å². The van der Waals surface area contributed by atoms with Gasteiger partial charge in [0, 0.05) is 11.3 Å². The Morgan fingerprint density at radius 1 is 1.14 bits per heavy atom. The van der Waals surface area contributed by atoms with Gasteiger partial charge in [0.1, 0.15) is 24.2 Å². The Bertz CT molecular complexity index is 1290. The average molecular weight is 391 g/mol. The van der Waals surface area contributed by atoms with E-state index in [0.29, 0.717) is 16.9 Å². The highest BCUT2D eigenvalue weighted by molar-refractivity contribution is 5.90. The highest BCUT2D eigenvalue weighted by Gasteiger charge is 2.13. The van der Waals surface area contributed by atoms with E-state index in [1.165, 1.54) is 29.0 Å². The number of amides is 1. The molecule has 0 aliphatic heterocycles. The number of hydrogen-bond donors (Lipinski definition) is 1. The van der Waals surface area contributed by atoms with Crippen molar-refractivity contribution in [2.45, 2.75) is 20.4 Å². The molecule has 0 aliphatic rings. The second-order valence-electron chi connectivity index (χ2n) is 6.83. The highest BCUT2D eigenvalue weighted by atomic mass is 19.1. The van der Waals surface area contributed by atoms with Crippen LogP contribution in [-0.4, -0.2) is 25.3 Å². The van der Waals surface area contributed by atoms with Gasteiger partial charge in [-0.1, -0.05) is 29.8 Å². The molecule has 2 aromatic carbocycles. The molecule has 0 atom stereocenters. The van der Waals surface area contributed by atoms with Crippen molar-refractivity contribution in [1.82, 2.24) is 19.4 Å². The van der Waals surface area contributed by atoms with Crippen LogP contribution in [0.1, 0.15) is 11.1 Å². The van der Waals surface area contributed by atoms with Gasteiger partial charge in [-0.15, -0.1) is 0 Å². The van der Waals surface area contributed by atoms with Crippen LogP contribution in [0.2, 0.25) is 0 Å². The van der Waals surface area contributed by atoms with Crippen LogP contribution in [0.4, 0.5) is 10.1 Å². The number of carbonyl (C=O) groups excluding carboxylic acids is 1. The molecule has 0 fully saturated rings. The predicted octanol–water partition coefficient (Wildman–Crippen LogP) is 2.95. The quantitative estimate of drug-likeness (QED) is 0.580. The van der Waals surface area contributed by atoms with Crippen LogP contribution < -0.4 is 10.9 Å². The van der Waals surface area contributed by atoms with E-state index in [9.17, 15) is 14.0 Å². The summed E-state index contributed by atoms with van der Waals surface area (Å²) in [5.74, 6) is -0.943. The van der Waals surface area contributed by atoms with Gasteiger partial charge < -0.3 is 5.32 Å². The van der Waals surface area contributed by atoms with Gasteiger partial charge >= 0.3 is 0 Å². The number of halogens is 1. The number of nitrogens with one attached hydrogen (secondary N) is 1. The molecule has 0 saturated heterocycles. The number of fused-ring (bicyclic) bond motifs is 1. The zero-order valence-corrected chi connectivity index (χ0v) is 15.9. The lowest BCUT2D eigenvalue weighted by Gasteiger charge is -2.06. The number of aromatic nitrogens is 4. The SMILES string of the molecule is Cc1ccc(-c2cc3c(=O)n(CC(=O)Nc4cccc(F)c4)ncn3n2)c(C)c1. The third-order valence-electron chi connectivity index (χ3n) is 4.55. The molecule has 4 rings (SSSR count). The Labute approximate surface area is 165 Å². The standard InChI is InChI=1S/C21H18FN5O2/c1-13-6-7-17(14(2)8-13)18-10-19-21(29)26(23-12-27(19)25-18)11-20(28)24-16-5-3-4-15(22)9-16/h3-10,12H,11H2,1-2H3,(H,24,28). The van der Waals surface area contributed by atoms with Gasteiger partial charge in [0.05, 0.1) is 5.69 Å². The Morgan fingerprint density at radius 2 is 1.97 bits per heavy atom. The van der Waals surface area contributed by atoms with Crippen molar-refractivity contribution < 1.29 is 9.18 Å². The van der Waals surface area contributed by atoms with Crippen LogP contribution in [0.5, 0.6) is 0 Å². The van der Waals surface area contributed by atoms with Crippen molar-refractivity contribution >= 4 is 17.1 Å². The molecule has 8 heteroatoms. The monoisotopic (exact) mass is 391 g/mol. The number of anilines is 1. The summed E-state index contributed by atoms with van der Waals surface area (Å²) in [6.07, 6.45) is 1.39. The van der Waals surface area contributed by atoms with Gasteiger partial charge in [-0.05, 0) is 43.7 Å². The summed E-state index contributed by atoms with van der Waals surface area (Å²) < 4.78 is 15.7. The number of rotatable bonds is 4. The molecule has 4 aromatic rings. The second-order valence-corrected chi connectivity index (χ2v) is 6.83. The first-order valence-electron chi connectivity index (χ1n) is 8.99. The third-order valence-corrected chi connectivity index (χ3v) is 4.55. The first kappa shape index (κ1) is 18.5. The lowest BCUT2D eigenvalue weighted by molar-refractivity contribution is -0.117. The van der Waals surface area contributed by atoms with E-state index in [4.69, 9.17) is 0 Å². The molecule has 0 radical (unpaired) electrons. The molecule has 2 heterocycles. The Hall–Kier alpha value is -3.81. The average Bonchev–Trinajstić information content (AvgIpc) is 3.09. The zero-order valence-electron chi connectivity index (χ0n) is 15.9. The van der Waals surface area contributed by atoms with E-state index in [1.807, 2.05) is 32.0 Å². The minimum atomic E-state index is -0.483. The summed E-state index contributed by atoms with van der Waals surface area (Å²) in [5.41, 5.74) is 3.96. The third kappa shape index (κ3) is 3.77. The van der Waals surface area contributed by atoms with E-state index in [1.54, 1.807) is 12.1 Å². The fourth-order valence-electron chi connectivity index (χ4n) is 3.19. The largest absolute Gasteiger partial charge is 0.324 e. The summed E-state index contributed by atoms with van der Waals surface area (Å²) >= 11 is 0. The van der Waals surface area contributed by atoms with Crippen LogP contribution >= 0.6 is 0 Å². The van der Waals surface area contributed by atoms with Crippen LogP contribution in [0.15, 0.2) is 59.7 Å². The number of nitrogens with zero attached hydrogens (tertiary/aromatic N) is 4. The molecular weight excluding hydrogens is 373 g/mol. The van der Waals surface area contributed by atoms with Gasteiger partial charge in [0.2, 0.25) is 5.91 Å². The smallest absolute Gasteiger partial charge is 0.293 e. The Morgan fingerprint density at radius 3 is 2.72 bits per heavy atom. The molecule has 146 valence electrons. The molecule has 0 spiro atoms. The van der Waals surface area contributed by atoms with Crippen molar-refractivity contribution in [2.24, 2.45) is 0 Å².